The fourth-order valence-corrected chi connectivity index (χ4v) is 5.14. The van der Waals surface area contributed by atoms with Gasteiger partial charge in [-0.05, 0) is 45.1 Å². The Morgan fingerprint density at radius 1 is 1.20 bits per heavy atom. The molecule has 1 aromatic heterocycles. The van der Waals surface area contributed by atoms with Gasteiger partial charge in [0.25, 0.3) is 0 Å². The average Bonchev–Trinajstić information content (AvgIpc) is 3.30. The standard InChI is InChI=1S/C21H33N5O3S/c1-24(2)21(12-6-7-13-21)15-22-20(27)11-10-19-23-17-14-16(30(28,29)25(3)4)8-9-18(17)26(19)5/h8-9,14H,6-7,10-13,15H2,1-5H3,(H,22,27). The van der Waals surface area contributed by atoms with Crippen LogP contribution in [0.1, 0.15) is 37.9 Å². The maximum absolute atomic E-state index is 12.5. The lowest BCUT2D eigenvalue weighted by Crippen LogP contribution is -2.50. The number of aryl methyl sites for hydroxylation is 2. The second-order valence-corrected chi connectivity index (χ2v) is 10.8. The first-order valence-electron chi connectivity index (χ1n) is 10.4. The van der Waals surface area contributed by atoms with Crippen LogP contribution in [0.4, 0.5) is 0 Å². The third-order valence-electron chi connectivity index (χ3n) is 6.40. The molecule has 1 aromatic carbocycles. The molecule has 0 radical (unpaired) electrons. The van der Waals surface area contributed by atoms with Crippen LogP contribution in [0.5, 0.6) is 0 Å². The Balaban J connectivity index is 1.67. The SMILES string of the molecule is CN(C)C1(CNC(=O)CCc2nc3cc(S(=O)(=O)N(C)C)ccc3n2C)CCCC1. The summed E-state index contributed by atoms with van der Waals surface area (Å²) in [5.41, 5.74) is 1.54. The van der Waals surface area contributed by atoms with Crippen molar-refractivity contribution in [2.45, 2.75) is 49.0 Å². The minimum absolute atomic E-state index is 0.0195. The minimum Gasteiger partial charge on any atom is -0.354 e. The normalized spacial score (nSPS) is 16.6. The number of likely N-dealkylation sites (N-methyl/N-ethyl adjacent to an activating group) is 1. The molecule has 0 spiro atoms. The third kappa shape index (κ3) is 4.38. The molecule has 0 bridgehead atoms. The second kappa shape index (κ2) is 8.64. The van der Waals surface area contributed by atoms with Crippen LogP contribution in [0.15, 0.2) is 23.1 Å². The van der Waals surface area contributed by atoms with Crippen LogP contribution in [0.3, 0.4) is 0 Å². The van der Waals surface area contributed by atoms with E-state index >= 15 is 0 Å². The van der Waals surface area contributed by atoms with Crippen LogP contribution < -0.4 is 5.32 Å². The van der Waals surface area contributed by atoms with Gasteiger partial charge in [0.15, 0.2) is 0 Å². The highest BCUT2D eigenvalue weighted by molar-refractivity contribution is 7.89. The molecule has 9 heteroatoms. The number of hydrogen-bond acceptors (Lipinski definition) is 5. The highest BCUT2D eigenvalue weighted by Crippen LogP contribution is 2.33. The van der Waals surface area contributed by atoms with E-state index in [0.29, 0.717) is 24.9 Å². The second-order valence-electron chi connectivity index (χ2n) is 8.63. The molecule has 2 aromatic rings. The van der Waals surface area contributed by atoms with E-state index in [1.807, 2.05) is 11.6 Å². The zero-order valence-corrected chi connectivity index (χ0v) is 19.4. The van der Waals surface area contributed by atoms with Crippen molar-refractivity contribution in [2.75, 3.05) is 34.7 Å². The lowest BCUT2D eigenvalue weighted by atomic mass is 9.96. The van der Waals surface area contributed by atoms with Crippen LogP contribution in [0, 0.1) is 0 Å². The summed E-state index contributed by atoms with van der Waals surface area (Å²) in [5, 5.41) is 3.11. The van der Waals surface area contributed by atoms with E-state index in [1.54, 1.807) is 18.2 Å². The first-order chi connectivity index (χ1) is 14.1. The van der Waals surface area contributed by atoms with Gasteiger partial charge in [0.1, 0.15) is 5.82 Å². The molecule has 1 aliphatic carbocycles. The maximum Gasteiger partial charge on any atom is 0.242 e. The Hall–Kier alpha value is -1.97. The van der Waals surface area contributed by atoms with Crippen LogP contribution in [0.2, 0.25) is 0 Å². The van der Waals surface area contributed by atoms with E-state index in [-0.39, 0.29) is 16.3 Å². The van der Waals surface area contributed by atoms with Gasteiger partial charge in [-0.25, -0.2) is 17.7 Å². The molecule has 0 unspecified atom stereocenters. The van der Waals surface area contributed by atoms with E-state index in [9.17, 15) is 13.2 Å². The van der Waals surface area contributed by atoms with Gasteiger partial charge < -0.3 is 14.8 Å². The summed E-state index contributed by atoms with van der Waals surface area (Å²) in [4.78, 5) is 19.5. The van der Waals surface area contributed by atoms with E-state index in [4.69, 9.17) is 0 Å². The smallest absolute Gasteiger partial charge is 0.242 e. The Kier molecular flexibility index (Phi) is 6.54. The number of carbonyl (C=O) groups excluding carboxylic acids is 1. The summed E-state index contributed by atoms with van der Waals surface area (Å²) < 4.78 is 27.9. The fraction of sp³-hybridized carbons (Fsp3) is 0.619. The Labute approximate surface area is 179 Å². The lowest BCUT2D eigenvalue weighted by Gasteiger charge is -2.36. The number of sulfonamides is 1. The topological polar surface area (TPSA) is 87.5 Å². The van der Waals surface area contributed by atoms with E-state index < -0.39 is 10.0 Å². The largest absolute Gasteiger partial charge is 0.354 e. The first kappa shape index (κ1) is 22.7. The number of nitrogens with one attached hydrogen (secondary N) is 1. The van der Waals surface area contributed by atoms with Gasteiger partial charge in [0.2, 0.25) is 15.9 Å². The van der Waals surface area contributed by atoms with Crippen molar-refractivity contribution in [1.29, 1.82) is 0 Å². The van der Waals surface area contributed by atoms with E-state index in [1.165, 1.54) is 31.2 Å². The summed E-state index contributed by atoms with van der Waals surface area (Å²) in [6.07, 6.45) is 5.50. The number of fused-ring (bicyclic) bond motifs is 1. The van der Waals surface area contributed by atoms with Gasteiger partial charge in [-0.15, -0.1) is 0 Å². The summed E-state index contributed by atoms with van der Waals surface area (Å²) in [6.45, 7) is 0.674. The van der Waals surface area contributed by atoms with Gasteiger partial charge in [0, 0.05) is 46.1 Å². The average molecular weight is 436 g/mol. The van der Waals surface area contributed by atoms with Crippen molar-refractivity contribution in [2.24, 2.45) is 7.05 Å². The molecule has 0 saturated heterocycles. The van der Waals surface area contributed by atoms with E-state index in [2.05, 4.69) is 29.3 Å². The molecule has 3 rings (SSSR count). The molecule has 0 aliphatic heterocycles. The monoisotopic (exact) mass is 435 g/mol. The van der Waals surface area contributed by atoms with Gasteiger partial charge >= 0.3 is 0 Å². The molecule has 1 heterocycles. The Bertz CT molecular complexity index is 1020. The van der Waals surface area contributed by atoms with Crippen molar-refractivity contribution in [1.82, 2.24) is 24.1 Å². The number of carbonyl (C=O) groups is 1. The zero-order chi connectivity index (χ0) is 22.1. The first-order valence-corrected chi connectivity index (χ1v) is 11.8. The summed E-state index contributed by atoms with van der Waals surface area (Å²) in [6, 6.07) is 4.95. The molecule has 1 amide bonds. The Morgan fingerprint density at radius 3 is 2.47 bits per heavy atom. The van der Waals surface area contributed by atoms with Crippen molar-refractivity contribution >= 4 is 27.0 Å². The number of nitrogens with zero attached hydrogens (tertiary/aromatic N) is 4. The van der Waals surface area contributed by atoms with Crippen molar-refractivity contribution in [3.05, 3.63) is 24.0 Å². The van der Waals surface area contributed by atoms with Crippen LogP contribution in [-0.2, 0) is 28.3 Å². The highest BCUT2D eigenvalue weighted by atomic mass is 32.2. The molecular formula is C21H33N5O3S. The summed E-state index contributed by atoms with van der Waals surface area (Å²) >= 11 is 0. The number of aromatic nitrogens is 2. The molecule has 1 aliphatic rings. The van der Waals surface area contributed by atoms with Crippen LogP contribution in [-0.4, -0.2) is 73.4 Å². The molecule has 0 atom stereocenters. The number of hydrogen-bond donors (Lipinski definition) is 1. The van der Waals surface area contributed by atoms with Crippen molar-refractivity contribution in [3.63, 3.8) is 0 Å². The molecule has 30 heavy (non-hydrogen) atoms. The Morgan fingerprint density at radius 2 is 1.87 bits per heavy atom. The van der Waals surface area contributed by atoms with E-state index in [0.717, 1.165) is 24.2 Å². The molecule has 1 fully saturated rings. The molecule has 1 saturated carbocycles. The maximum atomic E-state index is 12.5. The highest BCUT2D eigenvalue weighted by Gasteiger charge is 2.36. The van der Waals surface area contributed by atoms with Crippen LogP contribution in [0.25, 0.3) is 11.0 Å². The number of benzene rings is 1. The van der Waals surface area contributed by atoms with Crippen molar-refractivity contribution in [3.8, 4) is 0 Å². The predicted octanol–water partition coefficient (Wildman–Crippen LogP) is 1.75. The van der Waals surface area contributed by atoms with Gasteiger partial charge in [-0.1, -0.05) is 12.8 Å². The lowest BCUT2D eigenvalue weighted by molar-refractivity contribution is -0.121. The van der Waals surface area contributed by atoms with Crippen molar-refractivity contribution < 1.29 is 13.2 Å². The van der Waals surface area contributed by atoms with Gasteiger partial charge in [-0.3, -0.25) is 4.79 Å². The summed E-state index contributed by atoms with van der Waals surface area (Å²) in [5.74, 6) is 0.786. The summed E-state index contributed by atoms with van der Waals surface area (Å²) in [7, 11) is 5.57. The minimum atomic E-state index is -3.51. The van der Waals surface area contributed by atoms with Gasteiger partial charge in [-0.2, -0.15) is 0 Å². The molecule has 8 nitrogen and oxygen atoms in total. The van der Waals surface area contributed by atoms with Gasteiger partial charge in [0.05, 0.1) is 15.9 Å². The molecule has 1 N–H and O–H groups in total. The third-order valence-corrected chi connectivity index (χ3v) is 8.21. The number of amides is 1. The quantitative estimate of drug-likeness (QED) is 0.683. The molecular weight excluding hydrogens is 402 g/mol. The van der Waals surface area contributed by atoms with Crippen LogP contribution >= 0.6 is 0 Å². The molecule has 166 valence electrons. The fourth-order valence-electron chi connectivity index (χ4n) is 4.22. The zero-order valence-electron chi connectivity index (χ0n) is 18.6. The number of rotatable bonds is 8. The number of imidazole rings is 1. The predicted molar refractivity (Wildman–Crippen MR) is 118 cm³/mol.